The number of hydrogen-bond donors (Lipinski definition) is 1. The van der Waals surface area contributed by atoms with E-state index in [9.17, 15) is 0 Å². The first kappa shape index (κ1) is 13.2. The minimum Gasteiger partial charge on any atom is -0.477 e. The topological polar surface area (TPSA) is 47.0 Å². The predicted molar refractivity (Wildman–Crippen MR) is 68.9 cm³/mol. The second kappa shape index (κ2) is 7.44. The number of unbranched alkanes of at least 4 members (excludes halogenated alkanes) is 1. The minimum atomic E-state index is 0.613. The average Bonchev–Trinajstić information content (AvgIpc) is 2.30. The molecule has 0 aliphatic rings. The molecule has 0 bridgehead atoms. The third-order valence-corrected chi connectivity index (χ3v) is 2.75. The van der Waals surface area contributed by atoms with Gasteiger partial charge in [-0.1, -0.05) is 20.3 Å². The smallest absolute Gasteiger partial charge is 0.233 e. The molecule has 4 nitrogen and oxygen atoms in total. The van der Waals surface area contributed by atoms with Gasteiger partial charge in [-0.15, -0.1) is 0 Å². The Bertz CT molecular complexity index is 320. The number of halogens is 1. The van der Waals surface area contributed by atoms with Crippen molar-refractivity contribution in [2.45, 2.75) is 33.1 Å². The van der Waals surface area contributed by atoms with Crippen molar-refractivity contribution in [1.29, 1.82) is 0 Å². The van der Waals surface area contributed by atoms with E-state index >= 15 is 0 Å². The van der Waals surface area contributed by atoms with Gasteiger partial charge in [0.05, 0.1) is 6.61 Å². The minimum absolute atomic E-state index is 0.613. The highest BCUT2D eigenvalue weighted by Gasteiger charge is 2.08. The SMILES string of the molecule is CCCCOc1ncnc(NCCC)c1Br. The number of hydrogen-bond acceptors (Lipinski definition) is 4. The molecule has 5 heteroatoms. The number of nitrogens with zero attached hydrogens (tertiary/aromatic N) is 2. The van der Waals surface area contributed by atoms with Crippen LogP contribution in [0.3, 0.4) is 0 Å². The third-order valence-electron chi connectivity index (χ3n) is 2.04. The van der Waals surface area contributed by atoms with Gasteiger partial charge in [0.25, 0.3) is 0 Å². The van der Waals surface area contributed by atoms with Crippen LogP contribution in [0.25, 0.3) is 0 Å². The Morgan fingerprint density at radius 2 is 2.12 bits per heavy atom. The van der Waals surface area contributed by atoms with Crippen LogP contribution < -0.4 is 10.1 Å². The van der Waals surface area contributed by atoms with Crippen molar-refractivity contribution < 1.29 is 4.74 Å². The maximum absolute atomic E-state index is 5.56. The lowest BCUT2D eigenvalue weighted by Crippen LogP contribution is -2.06. The summed E-state index contributed by atoms with van der Waals surface area (Å²) in [7, 11) is 0. The first-order chi connectivity index (χ1) is 7.79. The van der Waals surface area contributed by atoms with Crippen LogP contribution in [-0.4, -0.2) is 23.1 Å². The van der Waals surface area contributed by atoms with Gasteiger partial charge in [0.2, 0.25) is 5.88 Å². The van der Waals surface area contributed by atoms with E-state index in [1.807, 2.05) is 0 Å². The summed E-state index contributed by atoms with van der Waals surface area (Å²) in [6, 6.07) is 0. The monoisotopic (exact) mass is 287 g/mol. The predicted octanol–water partition coefficient (Wildman–Crippen LogP) is 3.24. The van der Waals surface area contributed by atoms with Crippen LogP contribution in [0.1, 0.15) is 33.1 Å². The number of rotatable bonds is 7. The molecule has 0 radical (unpaired) electrons. The quantitative estimate of drug-likeness (QED) is 0.782. The molecule has 0 aliphatic heterocycles. The molecule has 90 valence electrons. The Hall–Kier alpha value is -0.840. The van der Waals surface area contributed by atoms with E-state index in [2.05, 4.69) is 45.1 Å². The van der Waals surface area contributed by atoms with Gasteiger partial charge in [-0.3, -0.25) is 0 Å². The summed E-state index contributed by atoms with van der Waals surface area (Å²) in [5.74, 6) is 1.41. The summed E-state index contributed by atoms with van der Waals surface area (Å²) < 4.78 is 6.36. The normalized spacial score (nSPS) is 10.2. The van der Waals surface area contributed by atoms with Crippen molar-refractivity contribution in [2.75, 3.05) is 18.5 Å². The van der Waals surface area contributed by atoms with Gasteiger partial charge in [0.15, 0.2) is 0 Å². The highest BCUT2D eigenvalue weighted by molar-refractivity contribution is 9.10. The molecule has 1 aromatic rings. The summed E-state index contributed by atoms with van der Waals surface area (Å²) in [5.41, 5.74) is 0. The fraction of sp³-hybridized carbons (Fsp3) is 0.636. The summed E-state index contributed by atoms with van der Waals surface area (Å²) >= 11 is 3.45. The van der Waals surface area contributed by atoms with Gasteiger partial charge in [-0.05, 0) is 28.8 Å². The first-order valence-corrected chi connectivity index (χ1v) is 6.46. The molecular formula is C11H18BrN3O. The van der Waals surface area contributed by atoms with Crippen LogP contribution in [0.5, 0.6) is 5.88 Å². The van der Waals surface area contributed by atoms with E-state index < -0.39 is 0 Å². The van der Waals surface area contributed by atoms with Crippen molar-refractivity contribution in [3.8, 4) is 5.88 Å². The third kappa shape index (κ3) is 3.96. The fourth-order valence-corrected chi connectivity index (χ4v) is 1.59. The summed E-state index contributed by atoms with van der Waals surface area (Å²) in [6.07, 6.45) is 4.73. The Balaban J connectivity index is 2.62. The van der Waals surface area contributed by atoms with Gasteiger partial charge in [0.1, 0.15) is 16.6 Å². The van der Waals surface area contributed by atoms with Gasteiger partial charge >= 0.3 is 0 Å². The van der Waals surface area contributed by atoms with E-state index in [1.54, 1.807) is 0 Å². The molecule has 0 aromatic carbocycles. The second-order valence-electron chi connectivity index (χ2n) is 3.47. The zero-order valence-electron chi connectivity index (χ0n) is 9.79. The average molecular weight is 288 g/mol. The number of ether oxygens (including phenoxy) is 1. The Morgan fingerprint density at radius 1 is 1.31 bits per heavy atom. The van der Waals surface area contributed by atoms with E-state index in [0.717, 1.165) is 36.1 Å². The van der Waals surface area contributed by atoms with Crippen LogP contribution in [-0.2, 0) is 0 Å². The number of aromatic nitrogens is 2. The van der Waals surface area contributed by atoms with E-state index in [0.29, 0.717) is 12.5 Å². The molecule has 0 unspecified atom stereocenters. The first-order valence-electron chi connectivity index (χ1n) is 5.66. The lowest BCUT2D eigenvalue weighted by Gasteiger charge is -2.10. The molecule has 1 rings (SSSR count). The maximum atomic E-state index is 5.56. The molecule has 1 N–H and O–H groups in total. The van der Waals surface area contributed by atoms with Crippen LogP contribution in [0.4, 0.5) is 5.82 Å². The standard InChI is InChI=1S/C11H18BrN3O/c1-3-5-7-16-11-9(12)10(13-6-4-2)14-8-15-11/h8H,3-7H2,1-2H3,(H,13,14,15). The lowest BCUT2D eigenvalue weighted by atomic mass is 10.4. The molecule has 0 fully saturated rings. The number of anilines is 1. The van der Waals surface area contributed by atoms with Gasteiger partial charge in [0, 0.05) is 6.54 Å². The molecule has 0 saturated carbocycles. The molecular weight excluding hydrogens is 270 g/mol. The van der Waals surface area contributed by atoms with Crippen LogP contribution in [0, 0.1) is 0 Å². The molecule has 0 atom stereocenters. The second-order valence-corrected chi connectivity index (χ2v) is 4.26. The van der Waals surface area contributed by atoms with E-state index in [4.69, 9.17) is 4.74 Å². The Kier molecular flexibility index (Phi) is 6.15. The summed E-state index contributed by atoms with van der Waals surface area (Å²) in [6.45, 7) is 5.83. The largest absolute Gasteiger partial charge is 0.477 e. The zero-order chi connectivity index (χ0) is 11.8. The molecule has 0 saturated heterocycles. The van der Waals surface area contributed by atoms with Crippen LogP contribution >= 0.6 is 15.9 Å². The van der Waals surface area contributed by atoms with Crippen molar-refractivity contribution in [3.05, 3.63) is 10.8 Å². The molecule has 16 heavy (non-hydrogen) atoms. The van der Waals surface area contributed by atoms with Gasteiger partial charge < -0.3 is 10.1 Å². The Morgan fingerprint density at radius 3 is 2.81 bits per heavy atom. The van der Waals surface area contributed by atoms with Crippen LogP contribution in [0.15, 0.2) is 10.8 Å². The van der Waals surface area contributed by atoms with E-state index in [1.165, 1.54) is 6.33 Å². The van der Waals surface area contributed by atoms with Crippen molar-refractivity contribution in [2.24, 2.45) is 0 Å². The van der Waals surface area contributed by atoms with Crippen molar-refractivity contribution in [1.82, 2.24) is 9.97 Å². The molecule has 0 amide bonds. The molecule has 0 spiro atoms. The zero-order valence-corrected chi connectivity index (χ0v) is 11.4. The number of nitrogens with one attached hydrogen (secondary N) is 1. The molecule has 1 heterocycles. The highest BCUT2D eigenvalue weighted by atomic mass is 79.9. The highest BCUT2D eigenvalue weighted by Crippen LogP contribution is 2.28. The van der Waals surface area contributed by atoms with Crippen LogP contribution in [0.2, 0.25) is 0 Å². The van der Waals surface area contributed by atoms with Gasteiger partial charge in [-0.2, -0.15) is 0 Å². The summed E-state index contributed by atoms with van der Waals surface area (Å²) in [4.78, 5) is 8.25. The van der Waals surface area contributed by atoms with E-state index in [-0.39, 0.29) is 0 Å². The lowest BCUT2D eigenvalue weighted by molar-refractivity contribution is 0.295. The fourth-order valence-electron chi connectivity index (χ4n) is 1.13. The summed E-state index contributed by atoms with van der Waals surface area (Å²) in [5, 5.41) is 3.22. The van der Waals surface area contributed by atoms with Crippen molar-refractivity contribution >= 4 is 21.7 Å². The van der Waals surface area contributed by atoms with Crippen molar-refractivity contribution in [3.63, 3.8) is 0 Å². The Labute approximate surface area is 105 Å². The van der Waals surface area contributed by atoms with Gasteiger partial charge in [-0.25, -0.2) is 9.97 Å². The molecule has 1 aromatic heterocycles. The maximum Gasteiger partial charge on any atom is 0.233 e. The molecule has 0 aliphatic carbocycles.